The van der Waals surface area contributed by atoms with Crippen LogP contribution in [0.4, 0.5) is 0 Å². The third-order valence-corrected chi connectivity index (χ3v) is 4.95. The quantitative estimate of drug-likeness (QED) is 0.883. The Morgan fingerprint density at radius 2 is 1.95 bits per heavy atom. The summed E-state index contributed by atoms with van der Waals surface area (Å²) < 4.78 is 0. The molecule has 2 atom stereocenters. The van der Waals surface area contributed by atoms with Crippen molar-refractivity contribution in [1.29, 1.82) is 0 Å². The van der Waals surface area contributed by atoms with Gasteiger partial charge in [0.05, 0.1) is 0 Å². The second-order valence-corrected chi connectivity index (χ2v) is 7.74. The molecule has 1 fully saturated rings. The predicted molar refractivity (Wildman–Crippen MR) is 91.4 cm³/mol. The summed E-state index contributed by atoms with van der Waals surface area (Å²) in [5.41, 5.74) is 1.83. The molecule has 2 nitrogen and oxygen atoms in total. The van der Waals surface area contributed by atoms with Crippen molar-refractivity contribution >= 4 is 0 Å². The van der Waals surface area contributed by atoms with Crippen molar-refractivity contribution < 1.29 is 0 Å². The molecule has 0 aliphatic carbocycles. The van der Waals surface area contributed by atoms with Gasteiger partial charge in [-0.1, -0.05) is 58.0 Å². The van der Waals surface area contributed by atoms with Crippen LogP contribution in [0.2, 0.25) is 0 Å². The lowest BCUT2D eigenvalue weighted by atomic mass is 9.82. The average Bonchev–Trinajstić information content (AvgIpc) is 2.45. The molecule has 1 aromatic carbocycles. The number of likely N-dealkylation sites (tertiary alicyclic amines) is 1. The van der Waals surface area contributed by atoms with Gasteiger partial charge in [0.2, 0.25) is 0 Å². The molecule has 21 heavy (non-hydrogen) atoms. The summed E-state index contributed by atoms with van der Waals surface area (Å²) in [5.74, 6) is 0.710. The van der Waals surface area contributed by atoms with Gasteiger partial charge in [-0.05, 0) is 42.8 Å². The van der Waals surface area contributed by atoms with Crippen LogP contribution in [0.1, 0.15) is 46.1 Å². The Kier molecular flexibility index (Phi) is 5.83. The molecule has 1 N–H and O–H groups in total. The van der Waals surface area contributed by atoms with E-state index in [0.717, 1.165) is 13.1 Å². The van der Waals surface area contributed by atoms with Gasteiger partial charge in [0.15, 0.2) is 0 Å². The number of rotatable bonds is 5. The summed E-state index contributed by atoms with van der Waals surface area (Å²) in [5, 5.41) is 3.80. The van der Waals surface area contributed by atoms with Crippen LogP contribution in [0.15, 0.2) is 30.3 Å². The Hall–Kier alpha value is -0.860. The lowest BCUT2D eigenvalue weighted by molar-refractivity contribution is 0.169. The van der Waals surface area contributed by atoms with Gasteiger partial charge < -0.3 is 5.32 Å². The van der Waals surface area contributed by atoms with Crippen molar-refractivity contribution in [2.75, 3.05) is 19.6 Å². The Labute approximate surface area is 130 Å². The summed E-state index contributed by atoms with van der Waals surface area (Å²) in [6.07, 6.45) is 2.64. The van der Waals surface area contributed by atoms with Gasteiger partial charge >= 0.3 is 0 Å². The van der Waals surface area contributed by atoms with Crippen LogP contribution in [-0.2, 0) is 6.54 Å². The van der Waals surface area contributed by atoms with E-state index >= 15 is 0 Å². The lowest BCUT2D eigenvalue weighted by Gasteiger charge is -2.35. The highest BCUT2D eigenvalue weighted by atomic mass is 15.2. The smallest absolute Gasteiger partial charge is 0.0234 e. The SMILES string of the molecule is CC(CNC1CCCN(Cc2ccccc2)C1)C(C)(C)C. The fourth-order valence-electron chi connectivity index (χ4n) is 2.86. The minimum Gasteiger partial charge on any atom is -0.312 e. The first-order valence-electron chi connectivity index (χ1n) is 8.45. The molecule has 0 saturated carbocycles. The van der Waals surface area contributed by atoms with Crippen LogP contribution in [-0.4, -0.2) is 30.6 Å². The molecular formula is C19H32N2. The summed E-state index contributed by atoms with van der Waals surface area (Å²) in [6, 6.07) is 11.5. The molecule has 0 bridgehead atoms. The highest BCUT2D eigenvalue weighted by Crippen LogP contribution is 2.25. The molecule has 0 spiro atoms. The first kappa shape index (κ1) is 16.5. The third kappa shape index (κ3) is 5.44. The molecular weight excluding hydrogens is 256 g/mol. The van der Waals surface area contributed by atoms with Gasteiger partial charge in [-0.25, -0.2) is 0 Å². The first-order chi connectivity index (χ1) is 9.95. The number of nitrogens with one attached hydrogen (secondary N) is 1. The van der Waals surface area contributed by atoms with E-state index in [0.29, 0.717) is 17.4 Å². The predicted octanol–water partition coefficient (Wildman–Crippen LogP) is 3.92. The van der Waals surface area contributed by atoms with Crippen LogP contribution >= 0.6 is 0 Å². The maximum Gasteiger partial charge on any atom is 0.0234 e. The van der Waals surface area contributed by atoms with E-state index in [1.54, 1.807) is 0 Å². The van der Waals surface area contributed by atoms with Crippen molar-refractivity contribution in [3.63, 3.8) is 0 Å². The molecule has 118 valence electrons. The molecule has 1 aliphatic rings. The summed E-state index contributed by atoms with van der Waals surface area (Å²) in [4.78, 5) is 2.60. The lowest BCUT2D eigenvalue weighted by Crippen LogP contribution is -2.47. The zero-order valence-electron chi connectivity index (χ0n) is 14.2. The van der Waals surface area contributed by atoms with E-state index in [2.05, 4.69) is 68.2 Å². The fraction of sp³-hybridized carbons (Fsp3) is 0.684. The van der Waals surface area contributed by atoms with Crippen LogP contribution < -0.4 is 5.32 Å². The number of benzene rings is 1. The topological polar surface area (TPSA) is 15.3 Å². The van der Waals surface area contributed by atoms with Gasteiger partial charge in [0, 0.05) is 19.1 Å². The fourth-order valence-corrected chi connectivity index (χ4v) is 2.86. The van der Waals surface area contributed by atoms with Gasteiger partial charge in [0.1, 0.15) is 0 Å². The normalized spacial score (nSPS) is 22.2. The standard InChI is InChI=1S/C19H32N2/c1-16(19(2,3)4)13-20-18-11-8-12-21(15-18)14-17-9-6-5-7-10-17/h5-7,9-10,16,18,20H,8,11-15H2,1-4H3. The Bertz CT molecular complexity index is 407. The van der Waals surface area contributed by atoms with E-state index in [9.17, 15) is 0 Å². The molecule has 2 heteroatoms. The highest BCUT2D eigenvalue weighted by Gasteiger charge is 2.23. The number of piperidine rings is 1. The minimum atomic E-state index is 0.394. The van der Waals surface area contributed by atoms with E-state index in [1.165, 1.54) is 31.5 Å². The Morgan fingerprint density at radius 3 is 2.62 bits per heavy atom. The molecule has 0 amide bonds. The number of hydrogen-bond acceptors (Lipinski definition) is 2. The largest absolute Gasteiger partial charge is 0.312 e. The van der Waals surface area contributed by atoms with Crippen LogP contribution in [0.25, 0.3) is 0 Å². The third-order valence-electron chi connectivity index (χ3n) is 4.95. The highest BCUT2D eigenvalue weighted by molar-refractivity contribution is 5.14. The molecule has 1 aromatic rings. The van der Waals surface area contributed by atoms with Crippen molar-refractivity contribution in [3.05, 3.63) is 35.9 Å². The van der Waals surface area contributed by atoms with Crippen molar-refractivity contribution in [2.45, 2.75) is 53.1 Å². The molecule has 1 heterocycles. The summed E-state index contributed by atoms with van der Waals surface area (Å²) in [7, 11) is 0. The molecule has 1 aliphatic heterocycles. The first-order valence-corrected chi connectivity index (χ1v) is 8.45. The maximum absolute atomic E-state index is 3.80. The Morgan fingerprint density at radius 1 is 1.24 bits per heavy atom. The van der Waals surface area contributed by atoms with Crippen molar-refractivity contribution in [1.82, 2.24) is 10.2 Å². The van der Waals surface area contributed by atoms with Gasteiger partial charge in [0.25, 0.3) is 0 Å². The van der Waals surface area contributed by atoms with Gasteiger partial charge in [-0.15, -0.1) is 0 Å². The monoisotopic (exact) mass is 288 g/mol. The molecule has 2 unspecified atom stereocenters. The van der Waals surface area contributed by atoms with Crippen LogP contribution in [0, 0.1) is 11.3 Å². The zero-order chi connectivity index (χ0) is 15.3. The maximum atomic E-state index is 3.80. The molecule has 1 saturated heterocycles. The van der Waals surface area contributed by atoms with Crippen molar-refractivity contribution in [2.24, 2.45) is 11.3 Å². The van der Waals surface area contributed by atoms with Crippen molar-refractivity contribution in [3.8, 4) is 0 Å². The van der Waals surface area contributed by atoms with E-state index in [1.807, 2.05) is 0 Å². The zero-order valence-corrected chi connectivity index (χ0v) is 14.2. The Balaban J connectivity index is 1.78. The average molecular weight is 288 g/mol. The summed E-state index contributed by atoms with van der Waals surface area (Å²) >= 11 is 0. The van der Waals surface area contributed by atoms with Gasteiger partial charge in [-0.2, -0.15) is 0 Å². The van der Waals surface area contributed by atoms with Crippen LogP contribution in [0.5, 0.6) is 0 Å². The molecule has 2 rings (SSSR count). The second kappa shape index (κ2) is 7.42. The van der Waals surface area contributed by atoms with E-state index in [-0.39, 0.29) is 0 Å². The van der Waals surface area contributed by atoms with E-state index < -0.39 is 0 Å². The number of hydrogen-bond donors (Lipinski definition) is 1. The molecule has 0 aromatic heterocycles. The molecule has 0 radical (unpaired) electrons. The summed E-state index contributed by atoms with van der Waals surface area (Å²) in [6.45, 7) is 14.0. The number of nitrogens with zero attached hydrogens (tertiary/aromatic N) is 1. The van der Waals surface area contributed by atoms with E-state index in [4.69, 9.17) is 0 Å². The van der Waals surface area contributed by atoms with Crippen LogP contribution in [0.3, 0.4) is 0 Å². The minimum absolute atomic E-state index is 0.394. The van der Waals surface area contributed by atoms with Gasteiger partial charge in [-0.3, -0.25) is 4.90 Å². The second-order valence-electron chi connectivity index (χ2n) is 7.74.